The van der Waals surface area contributed by atoms with E-state index in [0.29, 0.717) is 0 Å². The summed E-state index contributed by atoms with van der Waals surface area (Å²) in [7, 11) is -3.75. The van der Waals surface area contributed by atoms with Crippen LogP contribution in [0.5, 0.6) is 0 Å². The maximum absolute atomic E-state index is 11.1. The average molecular weight is 274 g/mol. The van der Waals surface area contributed by atoms with Gasteiger partial charge in [-0.2, -0.15) is 0 Å². The number of hydrogen-bond acceptors (Lipinski definition) is 3. The Hall–Kier alpha value is -0.880. The highest BCUT2D eigenvalue weighted by atomic mass is 35.5. The van der Waals surface area contributed by atoms with Crippen LogP contribution in [0.1, 0.15) is 0 Å². The second-order valence-corrected chi connectivity index (χ2v) is 6.05. The van der Waals surface area contributed by atoms with E-state index >= 15 is 0 Å². The van der Waals surface area contributed by atoms with Crippen LogP contribution >= 0.6 is 22.9 Å². The number of nitrogens with two attached hydrogens (primary N) is 1. The van der Waals surface area contributed by atoms with Crippen LogP contribution in [0, 0.1) is 0 Å². The minimum atomic E-state index is -3.75. The highest BCUT2D eigenvalue weighted by Crippen LogP contribution is 2.30. The maximum Gasteiger partial charge on any atom is 0.239 e. The van der Waals surface area contributed by atoms with Crippen molar-refractivity contribution in [1.29, 1.82) is 0 Å². The van der Waals surface area contributed by atoms with E-state index in [4.69, 9.17) is 16.7 Å². The molecule has 0 bridgehead atoms. The van der Waals surface area contributed by atoms with E-state index in [2.05, 4.69) is 0 Å². The smallest absolute Gasteiger partial charge is 0.225 e. The van der Waals surface area contributed by atoms with Crippen molar-refractivity contribution < 1.29 is 8.42 Å². The number of hydrogen-bond donors (Lipinski definition) is 1. The molecule has 1 heterocycles. The lowest BCUT2D eigenvalue weighted by Gasteiger charge is -2.03. The molecule has 2 aromatic rings. The molecule has 3 nitrogen and oxygen atoms in total. The molecule has 0 aliphatic heterocycles. The normalized spacial score (nSPS) is 11.6. The zero-order chi connectivity index (χ0) is 11.8. The summed E-state index contributed by atoms with van der Waals surface area (Å²) in [6.07, 6.45) is 0. The Morgan fingerprint density at radius 1 is 1.25 bits per heavy atom. The molecule has 1 aromatic carbocycles. The lowest BCUT2D eigenvalue weighted by Crippen LogP contribution is -2.12. The van der Waals surface area contributed by atoms with E-state index in [1.165, 1.54) is 6.07 Å². The molecule has 0 saturated heterocycles. The summed E-state index contributed by atoms with van der Waals surface area (Å²) in [6, 6.07) is 8.58. The quantitative estimate of drug-likeness (QED) is 0.914. The molecule has 0 atom stereocenters. The van der Waals surface area contributed by atoms with Crippen molar-refractivity contribution in [2.24, 2.45) is 5.14 Å². The SMILES string of the molecule is NS(=O)(=O)c1ccc(-c2cccs2)cc1Cl. The molecule has 16 heavy (non-hydrogen) atoms. The number of halogens is 1. The Morgan fingerprint density at radius 3 is 2.50 bits per heavy atom. The van der Waals surface area contributed by atoms with Crippen molar-refractivity contribution >= 4 is 33.0 Å². The molecular weight excluding hydrogens is 266 g/mol. The van der Waals surface area contributed by atoms with E-state index in [1.54, 1.807) is 23.5 Å². The first-order valence-corrected chi connectivity index (χ1v) is 7.15. The Bertz CT molecular complexity index is 606. The molecule has 0 radical (unpaired) electrons. The number of thiophene rings is 1. The van der Waals surface area contributed by atoms with E-state index in [9.17, 15) is 8.42 Å². The van der Waals surface area contributed by atoms with E-state index in [0.717, 1.165) is 10.4 Å². The molecule has 0 aliphatic carbocycles. The molecule has 0 saturated carbocycles. The summed E-state index contributed by atoms with van der Waals surface area (Å²) in [5.74, 6) is 0. The lowest BCUT2D eigenvalue weighted by molar-refractivity contribution is 0.598. The predicted octanol–water partition coefficient (Wildman–Crippen LogP) is 2.72. The van der Waals surface area contributed by atoms with Crippen LogP contribution in [0.25, 0.3) is 10.4 Å². The van der Waals surface area contributed by atoms with Crippen LogP contribution < -0.4 is 5.14 Å². The van der Waals surface area contributed by atoms with Gasteiger partial charge in [0.1, 0.15) is 4.90 Å². The van der Waals surface area contributed by atoms with Crippen molar-refractivity contribution in [2.75, 3.05) is 0 Å². The van der Waals surface area contributed by atoms with Gasteiger partial charge in [-0.15, -0.1) is 11.3 Å². The zero-order valence-electron chi connectivity index (χ0n) is 8.05. The first-order chi connectivity index (χ1) is 7.48. The van der Waals surface area contributed by atoms with Crippen LogP contribution in [0.3, 0.4) is 0 Å². The highest BCUT2D eigenvalue weighted by molar-refractivity contribution is 7.89. The monoisotopic (exact) mass is 273 g/mol. The fraction of sp³-hybridized carbons (Fsp3) is 0. The van der Waals surface area contributed by atoms with Gasteiger partial charge in [0.2, 0.25) is 10.0 Å². The maximum atomic E-state index is 11.1. The van der Waals surface area contributed by atoms with Gasteiger partial charge in [0.05, 0.1) is 5.02 Å². The van der Waals surface area contributed by atoms with Gasteiger partial charge >= 0.3 is 0 Å². The number of sulfonamides is 1. The van der Waals surface area contributed by atoms with Crippen LogP contribution in [0.2, 0.25) is 5.02 Å². The molecule has 2 rings (SSSR count). The molecule has 0 aliphatic rings. The molecular formula is C10H8ClNO2S2. The van der Waals surface area contributed by atoms with Gasteiger partial charge in [-0.3, -0.25) is 0 Å². The molecule has 0 unspecified atom stereocenters. The fourth-order valence-corrected chi connectivity index (χ4v) is 3.14. The van der Waals surface area contributed by atoms with Gasteiger partial charge in [-0.05, 0) is 29.1 Å². The molecule has 1 aromatic heterocycles. The topological polar surface area (TPSA) is 60.2 Å². The van der Waals surface area contributed by atoms with Crippen molar-refractivity contribution in [3.8, 4) is 10.4 Å². The Balaban J connectivity index is 2.53. The molecule has 0 amide bonds. The molecule has 0 spiro atoms. The molecule has 0 fully saturated rings. The van der Waals surface area contributed by atoms with Gasteiger partial charge in [-0.25, -0.2) is 13.6 Å². The summed E-state index contributed by atoms with van der Waals surface area (Å²) in [5, 5.41) is 7.10. The number of rotatable bonds is 2. The Labute approximate surface area is 103 Å². The van der Waals surface area contributed by atoms with Gasteiger partial charge < -0.3 is 0 Å². The third-order valence-corrected chi connectivity index (χ3v) is 4.36. The summed E-state index contributed by atoms with van der Waals surface area (Å²) in [5.41, 5.74) is 0.882. The van der Waals surface area contributed by atoms with Crippen molar-refractivity contribution in [2.45, 2.75) is 4.90 Å². The van der Waals surface area contributed by atoms with Crippen molar-refractivity contribution in [1.82, 2.24) is 0 Å². The van der Waals surface area contributed by atoms with Gasteiger partial charge in [-0.1, -0.05) is 23.7 Å². The van der Waals surface area contributed by atoms with Crippen molar-refractivity contribution in [3.63, 3.8) is 0 Å². The highest BCUT2D eigenvalue weighted by Gasteiger charge is 2.13. The zero-order valence-corrected chi connectivity index (χ0v) is 10.4. The van der Waals surface area contributed by atoms with Crippen LogP contribution in [0.15, 0.2) is 40.6 Å². The van der Waals surface area contributed by atoms with Gasteiger partial charge in [0.25, 0.3) is 0 Å². The fourth-order valence-electron chi connectivity index (χ4n) is 1.33. The first-order valence-electron chi connectivity index (χ1n) is 4.35. The number of benzene rings is 1. The van der Waals surface area contributed by atoms with E-state index in [1.807, 2.05) is 17.5 Å². The standard InChI is InChI=1S/C10H8ClNO2S2/c11-8-6-7(9-2-1-5-15-9)3-4-10(8)16(12,13)14/h1-6H,(H2,12,13,14). The summed E-state index contributed by atoms with van der Waals surface area (Å²) >= 11 is 7.44. The largest absolute Gasteiger partial charge is 0.239 e. The number of primary sulfonamides is 1. The third kappa shape index (κ3) is 2.27. The Morgan fingerprint density at radius 2 is 2.00 bits per heavy atom. The lowest BCUT2D eigenvalue weighted by atomic mass is 10.2. The predicted molar refractivity (Wildman–Crippen MR) is 66.1 cm³/mol. The van der Waals surface area contributed by atoms with Crippen LogP contribution in [-0.2, 0) is 10.0 Å². The molecule has 84 valence electrons. The van der Waals surface area contributed by atoms with E-state index < -0.39 is 10.0 Å². The first kappa shape index (κ1) is 11.6. The minimum absolute atomic E-state index is 0.0468. The molecule has 6 heteroatoms. The second-order valence-electron chi connectivity index (χ2n) is 3.17. The van der Waals surface area contributed by atoms with Crippen LogP contribution in [0.4, 0.5) is 0 Å². The van der Waals surface area contributed by atoms with Crippen LogP contribution in [-0.4, -0.2) is 8.42 Å². The molecule has 2 N–H and O–H groups in total. The summed E-state index contributed by atoms with van der Waals surface area (Å²) in [6.45, 7) is 0. The van der Waals surface area contributed by atoms with E-state index in [-0.39, 0.29) is 9.92 Å². The Kier molecular flexibility index (Phi) is 3.03. The van der Waals surface area contributed by atoms with Gasteiger partial charge in [0, 0.05) is 4.88 Å². The van der Waals surface area contributed by atoms with Gasteiger partial charge in [0.15, 0.2) is 0 Å². The second kappa shape index (κ2) is 4.18. The third-order valence-electron chi connectivity index (χ3n) is 2.04. The van der Waals surface area contributed by atoms with Crippen molar-refractivity contribution in [3.05, 3.63) is 40.7 Å². The minimum Gasteiger partial charge on any atom is -0.225 e. The summed E-state index contributed by atoms with van der Waals surface area (Å²) in [4.78, 5) is 0.984. The summed E-state index contributed by atoms with van der Waals surface area (Å²) < 4.78 is 22.3. The average Bonchev–Trinajstić information content (AvgIpc) is 2.68.